The van der Waals surface area contributed by atoms with Crippen molar-refractivity contribution in [3.63, 3.8) is 0 Å². The maximum atomic E-state index is 12.7. The molecule has 0 aliphatic carbocycles. The second-order valence-electron chi connectivity index (χ2n) is 6.44. The molecule has 2 aromatic heterocycles. The van der Waals surface area contributed by atoms with Gasteiger partial charge in [0.05, 0.1) is 12.6 Å². The predicted octanol–water partition coefficient (Wildman–Crippen LogP) is 5.36. The Bertz CT molecular complexity index is 920. The summed E-state index contributed by atoms with van der Waals surface area (Å²) in [6, 6.07) is 12.1. The Morgan fingerprint density at radius 1 is 1.27 bits per heavy atom. The van der Waals surface area contributed by atoms with Crippen molar-refractivity contribution < 1.29 is 4.79 Å². The van der Waals surface area contributed by atoms with Crippen LogP contribution >= 0.6 is 34.3 Å². The Kier molecular flexibility index (Phi) is 5.14. The topological polar surface area (TPSA) is 32.3 Å². The summed E-state index contributed by atoms with van der Waals surface area (Å²) in [5.74, 6) is 0.00987. The van der Waals surface area contributed by atoms with Crippen LogP contribution in [0, 0.1) is 6.92 Å². The third kappa shape index (κ3) is 3.58. The Morgan fingerprint density at radius 2 is 2.15 bits per heavy atom. The number of anilines is 1. The SMILES string of the molecule is Cc1cc(Cl)ccc1NC(=O)CN1CCc2sccc2[C@@H]1c1cccs1. The van der Waals surface area contributed by atoms with Crippen molar-refractivity contribution in [1.82, 2.24) is 4.90 Å². The highest BCUT2D eigenvalue weighted by atomic mass is 35.5. The van der Waals surface area contributed by atoms with Crippen molar-refractivity contribution in [1.29, 1.82) is 0 Å². The molecule has 4 rings (SSSR count). The van der Waals surface area contributed by atoms with E-state index in [4.69, 9.17) is 11.6 Å². The van der Waals surface area contributed by atoms with E-state index in [1.54, 1.807) is 17.4 Å². The highest BCUT2D eigenvalue weighted by molar-refractivity contribution is 7.10. The molecule has 1 aliphatic rings. The average molecular weight is 403 g/mol. The van der Waals surface area contributed by atoms with Crippen LogP contribution in [0.15, 0.2) is 47.2 Å². The molecule has 0 radical (unpaired) electrons. The molecule has 1 amide bonds. The Labute approximate surface area is 166 Å². The zero-order valence-electron chi connectivity index (χ0n) is 14.4. The molecule has 3 nitrogen and oxygen atoms in total. The molecule has 134 valence electrons. The molecule has 3 aromatic rings. The van der Waals surface area contributed by atoms with Crippen LogP contribution in [-0.4, -0.2) is 23.9 Å². The molecule has 0 unspecified atom stereocenters. The molecule has 1 atom stereocenters. The van der Waals surface area contributed by atoms with Gasteiger partial charge in [0.2, 0.25) is 5.91 Å². The van der Waals surface area contributed by atoms with Gasteiger partial charge >= 0.3 is 0 Å². The summed E-state index contributed by atoms with van der Waals surface area (Å²) in [4.78, 5) is 17.7. The van der Waals surface area contributed by atoms with Crippen LogP contribution in [0.4, 0.5) is 5.69 Å². The van der Waals surface area contributed by atoms with E-state index in [1.165, 1.54) is 15.3 Å². The van der Waals surface area contributed by atoms with E-state index in [1.807, 2.05) is 30.4 Å². The number of nitrogens with zero attached hydrogens (tertiary/aromatic N) is 1. The number of carbonyl (C=O) groups is 1. The molecular weight excluding hydrogens is 384 g/mol. The van der Waals surface area contributed by atoms with Gasteiger partial charge in [-0.15, -0.1) is 22.7 Å². The first-order valence-electron chi connectivity index (χ1n) is 8.51. The van der Waals surface area contributed by atoms with Crippen LogP contribution in [0.5, 0.6) is 0 Å². The van der Waals surface area contributed by atoms with Crippen LogP contribution in [-0.2, 0) is 11.2 Å². The minimum Gasteiger partial charge on any atom is -0.325 e. The summed E-state index contributed by atoms with van der Waals surface area (Å²) in [6.45, 7) is 3.22. The van der Waals surface area contributed by atoms with Gasteiger partial charge in [0, 0.05) is 27.0 Å². The average Bonchev–Trinajstić information content (AvgIpc) is 3.28. The zero-order valence-corrected chi connectivity index (χ0v) is 16.8. The summed E-state index contributed by atoms with van der Waals surface area (Å²) in [7, 11) is 0. The smallest absolute Gasteiger partial charge is 0.238 e. The highest BCUT2D eigenvalue weighted by Gasteiger charge is 2.31. The summed E-state index contributed by atoms with van der Waals surface area (Å²) >= 11 is 9.57. The van der Waals surface area contributed by atoms with Crippen molar-refractivity contribution in [3.8, 4) is 0 Å². The summed E-state index contributed by atoms with van der Waals surface area (Å²) in [5.41, 5.74) is 3.14. The lowest BCUT2D eigenvalue weighted by atomic mass is 9.98. The third-order valence-electron chi connectivity index (χ3n) is 4.69. The number of benzene rings is 1. The second kappa shape index (κ2) is 7.53. The lowest BCUT2D eigenvalue weighted by Crippen LogP contribution is -2.40. The number of halogens is 1. The molecule has 26 heavy (non-hydrogen) atoms. The van der Waals surface area contributed by atoms with Gasteiger partial charge in [-0.25, -0.2) is 0 Å². The number of hydrogen-bond donors (Lipinski definition) is 1. The number of nitrogens with one attached hydrogen (secondary N) is 1. The number of hydrogen-bond acceptors (Lipinski definition) is 4. The lowest BCUT2D eigenvalue weighted by Gasteiger charge is -2.34. The first-order valence-corrected chi connectivity index (χ1v) is 10.7. The quantitative estimate of drug-likeness (QED) is 0.637. The lowest BCUT2D eigenvalue weighted by molar-refractivity contribution is -0.117. The van der Waals surface area contributed by atoms with Gasteiger partial charge in [-0.2, -0.15) is 0 Å². The monoisotopic (exact) mass is 402 g/mol. The molecule has 3 heterocycles. The van der Waals surface area contributed by atoms with Gasteiger partial charge in [0.15, 0.2) is 0 Å². The maximum absolute atomic E-state index is 12.7. The van der Waals surface area contributed by atoms with E-state index in [0.29, 0.717) is 11.6 Å². The van der Waals surface area contributed by atoms with Crippen LogP contribution < -0.4 is 5.32 Å². The molecule has 0 saturated carbocycles. The van der Waals surface area contributed by atoms with Gasteiger partial charge in [0.25, 0.3) is 0 Å². The molecule has 0 fully saturated rings. The van der Waals surface area contributed by atoms with Gasteiger partial charge < -0.3 is 5.32 Å². The molecule has 0 saturated heterocycles. The van der Waals surface area contributed by atoms with E-state index in [-0.39, 0.29) is 11.9 Å². The van der Waals surface area contributed by atoms with Crippen molar-refractivity contribution in [2.45, 2.75) is 19.4 Å². The molecule has 1 aromatic carbocycles. The highest BCUT2D eigenvalue weighted by Crippen LogP contribution is 2.39. The van der Waals surface area contributed by atoms with Gasteiger partial charge in [-0.05, 0) is 65.6 Å². The number of fused-ring (bicyclic) bond motifs is 1. The Balaban J connectivity index is 1.54. The summed E-state index contributed by atoms with van der Waals surface area (Å²) in [6.07, 6.45) is 1.00. The Morgan fingerprint density at radius 3 is 2.92 bits per heavy atom. The number of thiophene rings is 2. The van der Waals surface area contributed by atoms with E-state index in [2.05, 4.69) is 39.2 Å². The standard InChI is InChI=1S/C20H19ClN2OS2/c1-13-11-14(21)4-5-16(13)22-19(24)12-23-8-6-17-15(7-10-26-17)20(23)18-3-2-9-25-18/h2-5,7,9-11,20H,6,8,12H2,1H3,(H,22,24)/t20-/m1/s1. The maximum Gasteiger partial charge on any atom is 0.238 e. The zero-order chi connectivity index (χ0) is 18.1. The van der Waals surface area contributed by atoms with Gasteiger partial charge in [-0.3, -0.25) is 9.69 Å². The summed E-state index contributed by atoms with van der Waals surface area (Å²) in [5, 5.41) is 7.98. The largest absolute Gasteiger partial charge is 0.325 e. The Hall–Kier alpha value is -1.66. The molecule has 0 spiro atoms. The fourth-order valence-corrected chi connectivity index (χ4v) is 5.47. The van der Waals surface area contributed by atoms with Crippen LogP contribution in [0.1, 0.15) is 26.9 Å². The first-order chi connectivity index (χ1) is 12.6. The molecule has 0 bridgehead atoms. The van der Waals surface area contributed by atoms with Crippen molar-refractivity contribution in [2.75, 3.05) is 18.4 Å². The van der Waals surface area contributed by atoms with Crippen LogP contribution in [0.3, 0.4) is 0 Å². The van der Waals surface area contributed by atoms with Gasteiger partial charge in [0.1, 0.15) is 0 Å². The van der Waals surface area contributed by atoms with Crippen molar-refractivity contribution >= 4 is 45.9 Å². The summed E-state index contributed by atoms with van der Waals surface area (Å²) < 4.78 is 0. The van der Waals surface area contributed by atoms with Crippen LogP contribution in [0.2, 0.25) is 5.02 Å². The fourth-order valence-electron chi connectivity index (χ4n) is 3.46. The second-order valence-corrected chi connectivity index (χ2v) is 8.86. The number of aryl methyl sites for hydroxylation is 1. The third-order valence-corrected chi connectivity index (χ3v) is 6.84. The minimum atomic E-state index is 0.00987. The fraction of sp³-hybridized carbons (Fsp3) is 0.250. The normalized spacial score (nSPS) is 17.1. The predicted molar refractivity (Wildman–Crippen MR) is 111 cm³/mol. The first kappa shape index (κ1) is 17.7. The minimum absolute atomic E-state index is 0.00987. The molecule has 1 aliphatic heterocycles. The van der Waals surface area contributed by atoms with E-state index in [0.717, 1.165) is 24.2 Å². The van der Waals surface area contributed by atoms with E-state index < -0.39 is 0 Å². The molecule has 1 N–H and O–H groups in total. The number of amides is 1. The number of carbonyl (C=O) groups excluding carboxylic acids is 1. The van der Waals surface area contributed by atoms with E-state index in [9.17, 15) is 4.79 Å². The van der Waals surface area contributed by atoms with E-state index >= 15 is 0 Å². The molecule has 6 heteroatoms. The van der Waals surface area contributed by atoms with Gasteiger partial charge in [-0.1, -0.05) is 17.7 Å². The van der Waals surface area contributed by atoms with Crippen LogP contribution in [0.25, 0.3) is 0 Å². The van der Waals surface area contributed by atoms with Crippen molar-refractivity contribution in [3.05, 3.63) is 73.1 Å². The molecular formula is C20H19ClN2OS2. The van der Waals surface area contributed by atoms with Crippen molar-refractivity contribution in [2.24, 2.45) is 0 Å². The number of rotatable bonds is 4.